The van der Waals surface area contributed by atoms with Gasteiger partial charge >= 0.3 is 6.18 Å². The number of aromatic hydroxyl groups is 1. The number of nitrogens with one attached hydrogen (secondary N) is 5. The molecule has 11 aromatic heterocycles. The zero-order valence-electron chi connectivity index (χ0n) is 74.3. The van der Waals surface area contributed by atoms with Crippen LogP contribution in [0.5, 0.6) is 23.0 Å². The van der Waals surface area contributed by atoms with Gasteiger partial charge in [0, 0.05) is 227 Å². The van der Waals surface area contributed by atoms with Gasteiger partial charge in [-0.3, -0.25) is 46.0 Å². The molecule has 698 valence electrons. The third-order valence-electron chi connectivity index (χ3n) is 23.4. The number of nitrogens with zero attached hydrogens (tertiary/aromatic N) is 17. The summed E-state index contributed by atoms with van der Waals surface area (Å²) in [5.74, 6) is -1.81. The van der Waals surface area contributed by atoms with Crippen molar-refractivity contribution in [2.45, 2.75) is 20.0 Å². The molecule has 0 aliphatic carbocycles. The Hall–Kier alpha value is -15.6. The van der Waals surface area contributed by atoms with E-state index in [0.29, 0.717) is 91.5 Å². The molecule has 136 heavy (non-hydrogen) atoms. The van der Waals surface area contributed by atoms with Crippen molar-refractivity contribution in [3.63, 3.8) is 0 Å². The Labute approximate surface area is 772 Å². The molecule has 16 heterocycles. The molecule has 0 amide bonds. The normalized spacial score (nSPS) is 14.7. The average molecular weight is 1850 g/mol. The second kappa shape index (κ2) is 41.3. The van der Waals surface area contributed by atoms with Crippen molar-refractivity contribution in [1.82, 2.24) is 78.5 Å². The number of oxazole rings is 1. The molecule has 38 heteroatoms. The van der Waals surface area contributed by atoms with E-state index in [-0.39, 0.29) is 44.8 Å². The smallest absolute Gasteiger partial charge is 0.422 e. The summed E-state index contributed by atoms with van der Waals surface area (Å²) >= 11 is 0. The van der Waals surface area contributed by atoms with Crippen molar-refractivity contribution in [2.75, 3.05) is 176 Å². The Kier molecular flexibility index (Phi) is 28.0. The minimum Gasteiger partial charge on any atom is -0.505 e. The molecule has 16 aromatic rings. The summed E-state index contributed by atoms with van der Waals surface area (Å²) in [4.78, 5) is 101. The second-order valence-corrected chi connectivity index (χ2v) is 32.4. The SMILES string of the molecule is CCOc1ccc(-c2cc(=O)n3cc(N4CCNCC4)ccc3n2)cc1F.COc1ccc(-c2cc(=O)n3cc(N4CCNCC4)ccc3n2)cc1C#N.Cc1nc2cc(-c3cc(=O)n4cc(N5CCNCC5)ccc4n3)ccc2o1.O=c1cc(-c2ccc(O)c(F)c2)nc2ccc(N3CCNCC3)cn12.O=c1cc(-c2ccc(OCC(F)(F)F)c(F)c2)nc2ccc(N3CCNCC3)cn12. The fourth-order valence-corrected chi connectivity index (χ4v) is 16.4. The average Bonchev–Trinajstić information content (AvgIpc) is 1.08. The molecule has 5 saturated heterocycles. The number of methoxy groups -OCH3 is 1. The van der Waals surface area contributed by atoms with Gasteiger partial charge in [-0.25, -0.2) is 43.1 Å². The van der Waals surface area contributed by atoms with Crippen LogP contribution in [0.25, 0.3) is 95.6 Å². The highest BCUT2D eigenvalue weighted by molar-refractivity contribution is 5.80. The highest BCUT2D eigenvalue weighted by Gasteiger charge is 2.30. The summed E-state index contributed by atoms with van der Waals surface area (Å²) in [6.07, 6.45) is 4.48. The van der Waals surface area contributed by atoms with E-state index in [9.17, 15) is 60.7 Å². The van der Waals surface area contributed by atoms with E-state index >= 15 is 0 Å². The molecule has 0 radical (unpaired) electrons. The van der Waals surface area contributed by atoms with Gasteiger partial charge in [0.2, 0.25) is 0 Å². The lowest BCUT2D eigenvalue weighted by Crippen LogP contribution is -2.43. The maximum absolute atomic E-state index is 14.2. The highest BCUT2D eigenvalue weighted by atomic mass is 19.4. The van der Waals surface area contributed by atoms with Crippen LogP contribution in [-0.2, 0) is 0 Å². The quantitative estimate of drug-likeness (QED) is 0.0519. The minimum atomic E-state index is -4.57. The number of halogens is 6. The van der Waals surface area contributed by atoms with Gasteiger partial charge in [-0.2, -0.15) is 18.4 Å². The first-order chi connectivity index (χ1) is 65.9. The maximum Gasteiger partial charge on any atom is 0.422 e. The van der Waals surface area contributed by atoms with Crippen molar-refractivity contribution in [3.8, 4) is 85.4 Å². The number of aromatic nitrogens is 11. The number of phenolic OH excluding ortho intramolecular Hbond substituents is 1. The van der Waals surface area contributed by atoms with Crippen LogP contribution >= 0.6 is 0 Å². The first-order valence-corrected chi connectivity index (χ1v) is 44.3. The molecule has 0 saturated carbocycles. The van der Waals surface area contributed by atoms with Gasteiger partial charge in [0.15, 0.2) is 52.8 Å². The molecule has 5 aliphatic heterocycles. The van der Waals surface area contributed by atoms with Gasteiger partial charge in [-0.1, -0.05) is 0 Å². The number of hydrogen-bond donors (Lipinski definition) is 6. The molecular formula is C98H94F6N22O10. The monoisotopic (exact) mass is 1850 g/mol. The van der Waals surface area contributed by atoms with E-state index in [2.05, 4.69) is 91.8 Å². The third-order valence-corrected chi connectivity index (χ3v) is 23.4. The van der Waals surface area contributed by atoms with Crippen LogP contribution in [0.3, 0.4) is 0 Å². The van der Waals surface area contributed by atoms with Crippen LogP contribution in [0.4, 0.5) is 54.8 Å². The molecule has 32 nitrogen and oxygen atoms in total. The van der Waals surface area contributed by atoms with Crippen molar-refractivity contribution in [2.24, 2.45) is 0 Å². The standard InChI is InChI=1S/C20H18F4N4O2.C20H21FN4O2.2C20H19N5O2.C18H17FN4O2/c21-15-9-13(1-3-17(15)30-12-20(22,23)24)16-10-19(29)28-11-14(2-4-18(28)26-16)27-7-5-25-6-8-27;1-2-27-18-5-3-14(11-16(18)21)17-12-20(26)25-13-15(4-6-19(25)23-17)24-9-7-22-8-10-24;1-13-22-17-10-14(2-4-18(17)27-13)16-11-20(26)25-12-15(3-5-19(25)23-16)24-8-6-21-7-9-24;1-27-18-4-2-14(10-15(18)12-21)17-11-20(26)25-13-16(3-5-19(25)23-17)24-8-6-22-7-9-24;19-14-9-12(1-3-16(14)24)15-10-18(25)23-11-13(2-4-17(23)21-15)22-7-5-20-6-8-22/h1-4,9-11,25H,5-8,12H2;3-6,11-13,22H,2,7-10H2,1H3;2-5,10-12,21H,6-9H2,1H3;2-5,10-11,13,22H,6-9H2,1H3;1-4,9-11,20,24H,5-8H2. The zero-order chi connectivity index (χ0) is 94.7. The first kappa shape index (κ1) is 92.3. The number of piperazine rings is 5. The number of rotatable bonds is 15. The Balaban J connectivity index is 0.000000118. The number of nitriles is 1. The minimum absolute atomic E-state index is 0.0941. The largest absolute Gasteiger partial charge is 0.505 e. The molecule has 6 N–H and O–H groups in total. The number of fused-ring (bicyclic) bond motifs is 6. The number of benzene rings is 5. The van der Waals surface area contributed by atoms with Gasteiger partial charge in [-0.15, -0.1) is 0 Å². The van der Waals surface area contributed by atoms with E-state index in [0.717, 1.165) is 188 Å². The lowest BCUT2D eigenvalue weighted by atomic mass is 10.1. The molecule has 0 bridgehead atoms. The fraction of sp³-hybridized carbons (Fsp3) is 0.265. The van der Waals surface area contributed by atoms with Crippen LogP contribution in [0, 0.1) is 35.7 Å². The molecular weight excluding hydrogens is 1760 g/mol. The highest BCUT2D eigenvalue weighted by Crippen LogP contribution is 2.33. The molecule has 5 fully saturated rings. The molecule has 0 unspecified atom stereocenters. The third kappa shape index (κ3) is 21.5. The number of phenols is 1. The lowest BCUT2D eigenvalue weighted by molar-refractivity contribution is -0.153. The lowest BCUT2D eigenvalue weighted by Gasteiger charge is -2.29. The van der Waals surface area contributed by atoms with Gasteiger partial charge in [0.1, 0.15) is 45.6 Å². The second-order valence-electron chi connectivity index (χ2n) is 32.4. The van der Waals surface area contributed by atoms with E-state index in [1.54, 1.807) is 76.6 Å². The fourth-order valence-electron chi connectivity index (χ4n) is 16.4. The summed E-state index contributed by atoms with van der Waals surface area (Å²) in [5.41, 5.74) is 13.4. The Morgan fingerprint density at radius 3 is 0.978 bits per heavy atom. The van der Waals surface area contributed by atoms with Crippen LogP contribution in [0.1, 0.15) is 18.4 Å². The number of pyridine rings is 5. The number of ether oxygens (including phenoxy) is 3. The van der Waals surface area contributed by atoms with E-state index in [1.807, 2.05) is 92.2 Å². The van der Waals surface area contributed by atoms with Crippen LogP contribution in [-0.4, -0.2) is 214 Å². The van der Waals surface area contributed by atoms with E-state index < -0.39 is 41.7 Å². The molecule has 21 rings (SSSR count). The Bertz CT molecular complexity index is 7480. The number of alkyl halides is 3. The van der Waals surface area contributed by atoms with Crippen LogP contribution < -0.4 is 93.1 Å². The van der Waals surface area contributed by atoms with Gasteiger partial charge in [0.25, 0.3) is 27.8 Å². The van der Waals surface area contributed by atoms with Gasteiger partial charge in [0.05, 0.1) is 76.2 Å². The topological polar surface area (TPSA) is 346 Å². The van der Waals surface area contributed by atoms with E-state index in [1.165, 1.54) is 74.9 Å². The predicted octanol–water partition coefficient (Wildman–Crippen LogP) is 10.6. The summed E-state index contributed by atoms with van der Waals surface area (Å²) in [6.45, 7) is 20.5. The van der Waals surface area contributed by atoms with Crippen molar-refractivity contribution >= 4 is 67.8 Å². The summed E-state index contributed by atoms with van der Waals surface area (Å²) in [7, 11) is 1.52. The van der Waals surface area contributed by atoms with Crippen molar-refractivity contribution in [1.29, 1.82) is 5.26 Å². The van der Waals surface area contributed by atoms with Gasteiger partial charge < -0.3 is 74.8 Å². The van der Waals surface area contributed by atoms with Crippen LogP contribution in [0.15, 0.2) is 241 Å². The van der Waals surface area contributed by atoms with Crippen molar-refractivity contribution < 1.29 is 50.1 Å². The van der Waals surface area contributed by atoms with Crippen LogP contribution in [0.2, 0.25) is 0 Å². The summed E-state index contributed by atoms with van der Waals surface area (Å²) in [5, 5.41) is 35.1. The number of hydrogen-bond acceptors (Lipinski definition) is 27. The predicted molar refractivity (Wildman–Crippen MR) is 508 cm³/mol. The maximum atomic E-state index is 14.2. The van der Waals surface area contributed by atoms with Gasteiger partial charge in [-0.05, 0) is 159 Å². The molecule has 0 atom stereocenters. The van der Waals surface area contributed by atoms with E-state index in [4.69, 9.17) is 13.9 Å². The summed E-state index contributed by atoms with van der Waals surface area (Å²) in [6, 6.07) is 51.0. The molecule has 5 aliphatic rings. The summed E-state index contributed by atoms with van der Waals surface area (Å²) < 4.78 is 107. The number of aryl methyl sites for hydroxylation is 1. The Morgan fingerprint density at radius 1 is 0.382 bits per heavy atom. The molecule has 0 spiro atoms. The number of anilines is 5. The molecule has 5 aromatic carbocycles. The Morgan fingerprint density at radius 2 is 0.676 bits per heavy atom. The zero-order valence-corrected chi connectivity index (χ0v) is 74.3. The van der Waals surface area contributed by atoms with Crippen molar-refractivity contribution in [3.05, 3.63) is 294 Å². The first-order valence-electron chi connectivity index (χ1n) is 44.3.